The first-order valence-electron chi connectivity index (χ1n) is 4.74. The van der Waals surface area contributed by atoms with Crippen LogP contribution in [0.5, 0.6) is 0 Å². The molecule has 6 heteroatoms. The molecule has 89 valence electrons. The zero-order valence-electron chi connectivity index (χ0n) is 9.77. The zero-order chi connectivity index (χ0) is 11.6. The molecule has 0 heterocycles. The SMILES string of the molecule is [Ca+2].[O-][B][O-].[OH-].c1ccc([SH+]c2ccccc2)cc1. The van der Waals surface area contributed by atoms with Gasteiger partial charge in [0, 0.05) is 11.8 Å². The Hall–Kier alpha value is -0.00532. The Bertz CT molecular complexity index is 352. The smallest absolute Gasteiger partial charge is 0.900 e. The van der Waals surface area contributed by atoms with Crippen molar-refractivity contribution in [3.05, 3.63) is 60.7 Å². The summed E-state index contributed by atoms with van der Waals surface area (Å²) in [6.07, 6.45) is 0. The fourth-order valence-electron chi connectivity index (χ4n) is 1.15. The Morgan fingerprint density at radius 3 is 1.28 bits per heavy atom. The van der Waals surface area contributed by atoms with E-state index in [4.69, 9.17) is 10.0 Å². The minimum absolute atomic E-state index is 0. The van der Waals surface area contributed by atoms with E-state index in [1.165, 1.54) is 21.6 Å². The number of hydrogen-bond donors (Lipinski definition) is 0. The summed E-state index contributed by atoms with van der Waals surface area (Å²) in [4.78, 5) is 2.68. The van der Waals surface area contributed by atoms with Crippen LogP contribution in [0.4, 0.5) is 0 Å². The van der Waals surface area contributed by atoms with Crippen LogP contribution in [0.1, 0.15) is 0 Å². The molecule has 0 saturated heterocycles. The second-order valence-corrected chi connectivity index (χ2v) is 4.14. The molecule has 1 N–H and O–H groups in total. The maximum atomic E-state index is 8.25. The summed E-state index contributed by atoms with van der Waals surface area (Å²) in [5.41, 5.74) is 0. The van der Waals surface area contributed by atoms with Gasteiger partial charge in [-0.2, -0.15) is 0 Å². The molecule has 2 aromatic carbocycles. The van der Waals surface area contributed by atoms with Gasteiger partial charge in [-0.3, -0.25) is 0 Å². The van der Waals surface area contributed by atoms with Crippen LogP contribution < -0.4 is 10.0 Å². The molecule has 1 radical (unpaired) electrons. The van der Waals surface area contributed by atoms with E-state index >= 15 is 0 Å². The van der Waals surface area contributed by atoms with Gasteiger partial charge in [-0.1, -0.05) is 36.4 Å². The van der Waals surface area contributed by atoms with E-state index in [9.17, 15) is 0 Å². The summed E-state index contributed by atoms with van der Waals surface area (Å²) >= 11 is 1.28. The van der Waals surface area contributed by atoms with Crippen molar-refractivity contribution >= 4 is 57.2 Å². The van der Waals surface area contributed by atoms with Crippen molar-refractivity contribution < 1.29 is 15.5 Å². The minimum Gasteiger partial charge on any atom is -0.900 e. The third-order valence-electron chi connectivity index (χ3n) is 1.77. The molecule has 0 aliphatic carbocycles. The quantitative estimate of drug-likeness (QED) is 0.428. The normalized spacial score (nSPS) is 7.89. The zero-order valence-corrected chi connectivity index (χ0v) is 12.9. The van der Waals surface area contributed by atoms with Gasteiger partial charge in [0.25, 0.3) is 0 Å². The molecule has 0 spiro atoms. The standard InChI is InChI=1S/C12H10S.BO2.Ca.H2O/c1-3-7-11(8-4-1)13-12-9-5-2-6-10-12;2-1-3;;/h1-10H;;;1H2/q;-2;+2;. The minimum atomic E-state index is -0.500. The van der Waals surface area contributed by atoms with Crippen molar-refractivity contribution in [2.45, 2.75) is 9.79 Å². The van der Waals surface area contributed by atoms with Crippen LogP contribution in [0.2, 0.25) is 0 Å². The molecule has 0 saturated carbocycles. The van der Waals surface area contributed by atoms with Crippen molar-refractivity contribution in [3.63, 3.8) is 0 Å². The Balaban J connectivity index is 0. The van der Waals surface area contributed by atoms with Gasteiger partial charge in [0.1, 0.15) is 0 Å². The molecule has 2 aromatic rings. The molecule has 0 fully saturated rings. The molecule has 2 rings (SSSR count). The van der Waals surface area contributed by atoms with Gasteiger partial charge in [0.15, 0.2) is 9.79 Å². The molecule has 0 aliphatic heterocycles. The molecule has 0 bridgehead atoms. The van der Waals surface area contributed by atoms with E-state index in [1.54, 1.807) is 0 Å². The second kappa shape index (κ2) is 13.4. The van der Waals surface area contributed by atoms with Gasteiger partial charge in [-0.05, 0) is 24.3 Å². The van der Waals surface area contributed by atoms with Gasteiger partial charge in [0.2, 0.25) is 0 Å². The molecular formula is C12H12BCaO3S. The van der Waals surface area contributed by atoms with Crippen LogP contribution in [0.25, 0.3) is 0 Å². The molecule has 0 atom stereocenters. The van der Waals surface area contributed by atoms with Crippen LogP contribution in [0.3, 0.4) is 0 Å². The summed E-state index contributed by atoms with van der Waals surface area (Å²) in [5, 5.41) is 16.5. The summed E-state index contributed by atoms with van der Waals surface area (Å²) in [5.74, 6) is 0. The van der Waals surface area contributed by atoms with Gasteiger partial charge >= 0.3 is 37.7 Å². The Kier molecular flexibility index (Phi) is 15.2. The molecule has 0 unspecified atom stereocenters. The predicted molar refractivity (Wildman–Crippen MR) is 71.6 cm³/mol. The van der Waals surface area contributed by atoms with Gasteiger partial charge in [-0.25, -0.2) is 7.69 Å². The van der Waals surface area contributed by atoms with Crippen LogP contribution in [0.15, 0.2) is 70.5 Å². The average Bonchev–Trinajstić information content (AvgIpc) is 2.33. The van der Waals surface area contributed by atoms with Crippen LogP contribution in [-0.4, -0.2) is 50.9 Å². The maximum absolute atomic E-state index is 8.25. The molecule has 0 amide bonds. The van der Waals surface area contributed by atoms with Crippen molar-refractivity contribution in [2.75, 3.05) is 0 Å². The number of hydrogen-bond acceptors (Lipinski definition) is 3. The largest absolute Gasteiger partial charge is 2.00 e. The summed E-state index contributed by atoms with van der Waals surface area (Å²) < 4.78 is 0. The fourth-order valence-corrected chi connectivity index (χ4v) is 2.09. The van der Waals surface area contributed by atoms with E-state index in [2.05, 4.69) is 48.5 Å². The first-order valence-corrected chi connectivity index (χ1v) is 5.63. The summed E-state index contributed by atoms with van der Waals surface area (Å²) in [6, 6.07) is 21.0. The number of thiol groups is 1. The van der Waals surface area contributed by atoms with Crippen LogP contribution in [-0.2, 0) is 11.8 Å². The van der Waals surface area contributed by atoms with E-state index in [0.717, 1.165) is 0 Å². The van der Waals surface area contributed by atoms with E-state index in [1.807, 2.05) is 12.1 Å². The monoisotopic (exact) mass is 287 g/mol. The molecule has 3 nitrogen and oxygen atoms in total. The van der Waals surface area contributed by atoms with Gasteiger partial charge in [0.05, 0.1) is 0 Å². The van der Waals surface area contributed by atoms with Crippen molar-refractivity contribution in [2.24, 2.45) is 0 Å². The Morgan fingerprint density at radius 2 is 1.00 bits per heavy atom. The Labute approximate surface area is 142 Å². The number of benzene rings is 2. The predicted octanol–water partition coefficient (Wildman–Crippen LogP) is -0.397. The van der Waals surface area contributed by atoms with E-state index in [0.29, 0.717) is 0 Å². The molecule has 0 aliphatic rings. The second-order valence-electron chi connectivity index (χ2n) is 2.88. The third kappa shape index (κ3) is 9.00. The fraction of sp³-hybridized carbons (Fsp3) is 0. The Morgan fingerprint density at radius 1 is 0.722 bits per heavy atom. The van der Waals surface area contributed by atoms with Gasteiger partial charge < -0.3 is 15.5 Å². The summed E-state index contributed by atoms with van der Waals surface area (Å²) in [7, 11) is -0.500. The molecule has 0 aromatic heterocycles. The first-order chi connectivity index (χ1) is 7.86. The van der Waals surface area contributed by atoms with E-state index in [-0.39, 0.29) is 43.2 Å². The molecule has 18 heavy (non-hydrogen) atoms. The number of rotatable bonds is 2. The molecular weight excluding hydrogens is 275 g/mol. The maximum Gasteiger partial charge on any atom is 2.00 e. The van der Waals surface area contributed by atoms with Crippen molar-refractivity contribution in [3.8, 4) is 0 Å². The van der Waals surface area contributed by atoms with Crippen molar-refractivity contribution in [1.29, 1.82) is 0 Å². The first kappa shape index (κ1) is 20.3. The average molecular weight is 287 g/mol. The van der Waals surface area contributed by atoms with E-state index < -0.39 is 7.69 Å². The van der Waals surface area contributed by atoms with Crippen molar-refractivity contribution in [1.82, 2.24) is 0 Å². The van der Waals surface area contributed by atoms with Crippen LogP contribution >= 0.6 is 0 Å². The third-order valence-corrected chi connectivity index (χ3v) is 2.88. The summed E-state index contributed by atoms with van der Waals surface area (Å²) in [6.45, 7) is 0. The van der Waals surface area contributed by atoms with Gasteiger partial charge in [-0.15, -0.1) is 0 Å². The topological polar surface area (TPSA) is 76.1 Å². The van der Waals surface area contributed by atoms with Crippen LogP contribution in [0, 0.1) is 0 Å².